The van der Waals surface area contributed by atoms with Crippen LogP contribution in [-0.2, 0) is 26.2 Å². The Morgan fingerprint density at radius 3 is 2.37 bits per heavy atom. The molecular formula is C19H24N2O4S2. The van der Waals surface area contributed by atoms with Crippen molar-refractivity contribution < 1.29 is 16.8 Å². The van der Waals surface area contributed by atoms with Gasteiger partial charge in [0.1, 0.15) is 0 Å². The molecule has 0 amide bonds. The second-order valence-electron chi connectivity index (χ2n) is 6.87. The molecule has 1 fully saturated rings. The first-order valence-electron chi connectivity index (χ1n) is 8.80. The summed E-state index contributed by atoms with van der Waals surface area (Å²) in [6, 6.07) is 13.4. The molecule has 6 nitrogen and oxygen atoms in total. The molecule has 1 atom stereocenters. The van der Waals surface area contributed by atoms with E-state index >= 15 is 0 Å². The lowest BCUT2D eigenvalue weighted by Gasteiger charge is -2.34. The van der Waals surface area contributed by atoms with E-state index in [9.17, 15) is 16.8 Å². The molecule has 2 aromatic carbocycles. The minimum Gasteiger partial charge on any atom is -0.370 e. The van der Waals surface area contributed by atoms with Crippen molar-refractivity contribution in [3.05, 3.63) is 54.1 Å². The predicted molar refractivity (Wildman–Crippen MR) is 106 cm³/mol. The van der Waals surface area contributed by atoms with Crippen LogP contribution in [0.2, 0.25) is 0 Å². The molecule has 3 rings (SSSR count). The Balaban J connectivity index is 1.85. The highest BCUT2D eigenvalue weighted by Gasteiger charge is 2.32. The summed E-state index contributed by atoms with van der Waals surface area (Å²) >= 11 is 0. The highest BCUT2D eigenvalue weighted by Crippen LogP contribution is 2.28. The Morgan fingerprint density at radius 1 is 1.04 bits per heavy atom. The Bertz CT molecular complexity index is 1020. The lowest BCUT2D eigenvalue weighted by Crippen LogP contribution is -2.42. The highest BCUT2D eigenvalue weighted by atomic mass is 32.2. The quantitative estimate of drug-likeness (QED) is 0.813. The summed E-state index contributed by atoms with van der Waals surface area (Å²) < 4.78 is 49.7. The third-order valence-electron chi connectivity index (χ3n) is 4.92. The average Bonchev–Trinajstić information content (AvgIpc) is 2.67. The van der Waals surface area contributed by atoms with Crippen molar-refractivity contribution in [3.8, 4) is 0 Å². The first kappa shape index (κ1) is 19.9. The normalized spacial score (nSPS) is 18.4. The summed E-state index contributed by atoms with van der Waals surface area (Å²) in [6.07, 6.45) is 2.48. The van der Waals surface area contributed by atoms with Gasteiger partial charge in [0.15, 0.2) is 19.7 Å². The van der Waals surface area contributed by atoms with Gasteiger partial charge in [0.05, 0.1) is 15.0 Å². The van der Waals surface area contributed by atoms with E-state index in [4.69, 9.17) is 5.73 Å². The maximum absolute atomic E-state index is 13.0. The van der Waals surface area contributed by atoms with Crippen LogP contribution in [-0.4, -0.2) is 41.4 Å². The van der Waals surface area contributed by atoms with Crippen molar-refractivity contribution in [2.75, 3.05) is 24.2 Å². The largest absolute Gasteiger partial charge is 0.370 e. The predicted octanol–water partition coefficient (Wildman–Crippen LogP) is 1.99. The van der Waals surface area contributed by atoms with Gasteiger partial charge < -0.3 is 10.6 Å². The van der Waals surface area contributed by atoms with Crippen molar-refractivity contribution in [1.82, 2.24) is 0 Å². The first-order chi connectivity index (χ1) is 12.7. The fourth-order valence-corrected chi connectivity index (χ4v) is 5.76. The van der Waals surface area contributed by atoms with Crippen LogP contribution in [0.15, 0.2) is 58.3 Å². The SMILES string of the molecule is CS(=O)(=O)c1cccc(N2CCCC(S(=O)(=O)c3ccc(CN)cc3)C2)c1. The van der Waals surface area contributed by atoms with Gasteiger partial charge in [-0.1, -0.05) is 18.2 Å². The van der Waals surface area contributed by atoms with E-state index in [2.05, 4.69) is 0 Å². The Hall–Kier alpha value is -1.90. The second-order valence-corrected chi connectivity index (χ2v) is 11.1. The first-order valence-corrected chi connectivity index (χ1v) is 12.2. The molecule has 0 aromatic heterocycles. The standard InChI is InChI=1S/C19H24N2O4S2/c1-26(22,23)18-5-2-4-16(12-18)21-11-3-6-19(14-21)27(24,25)17-9-7-15(13-20)8-10-17/h2,4-5,7-10,12,19H,3,6,11,13-14,20H2,1H3. The Labute approximate surface area is 160 Å². The Morgan fingerprint density at radius 2 is 1.74 bits per heavy atom. The van der Waals surface area contributed by atoms with Crippen LogP contribution < -0.4 is 10.6 Å². The van der Waals surface area contributed by atoms with Crippen LogP contribution >= 0.6 is 0 Å². The smallest absolute Gasteiger partial charge is 0.182 e. The number of sulfone groups is 2. The molecule has 1 aliphatic rings. The summed E-state index contributed by atoms with van der Waals surface area (Å²) in [5.74, 6) is 0. The zero-order chi connectivity index (χ0) is 19.7. The van der Waals surface area contributed by atoms with Crippen molar-refractivity contribution >= 4 is 25.4 Å². The molecule has 0 radical (unpaired) electrons. The molecule has 2 N–H and O–H groups in total. The summed E-state index contributed by atoms with van der Waals surface area (Å²) in [5.41, 5.74) is 7.20. The van der Waals surface area contributed by atoms with Gasteiger partial charge in [-0.15, -0.1) is 0 Å². The van der Waals surface area contributed by atoms with Crippen LogP contribution in [0.3, 0.4) is 0 Å². The molecule has 8 heteroatoms. The summed E-state index contributed by atoms with van der Waals surface area (Å²) in [7, 11) is -6.78. The van der Waals surface area contributed by atoms with Gasteiger partial charge in [0.25, 0.3) is 0 Å². The van der Waals surface area contributed by atoms with E-state index in [0.717, 1.165) is 17.7 Å². The molecule has 2 aromatic rings. The molecule has 146 valence electrons. The van der Waals surface area contributed by atoms with E-state index in [0.29, 0.717) is 31.0 Å². The number of hydrogen-bond donors (Lipinski definition) is 1. The van der Waals surface area contributed by atoms with Gasteiger partial charge in [-0.3, -0.25) is 0 Å². The van der Waals surface area contributed by atoms with Crippen LogP contribution in [0.25, 0.3) is 0 Å². The summed E-state index contributed by atoms with van der Waals surface area (Å²) in [6.45, 7) is 1.41. The minimum atomic E-state index is -3.47. The molecule has 0 aliphatic carbocycles. The monoisotopic (exact) mass is 408 g/mol. The van der Waals surface area contributed by atoms with E-state index in [1.807, 2.05) is 11.0 Å². The molecule has 1 heterocycles. The van der Waals surface area contributed by atoms with Crippen LogP contribution in [0.5, 0.6) is 0 Å². The number of piperidine rings is 1. The van der Waals surface area contributed by atoms with Crippen LogP contribution in [0.4, 0.5) is 5.69 Å². The third-order valence-corrected chi connectivity index (χ3v) is 8.22. The van der Waals surface area contributed by atoms with Crippen molar-refractivity contribution in [1.29, 1.82) is 0 Å². The van der Waals surface area contributed by atoms with Crippen LogP contribution in [0, 0.1) is 0 Å². The van der Waals surface area contributed by atoms with Crippen molar-refractivity contribution in [3.63, 3.8) is 0 Å². The molecule has 1 unspecified atom stereocenters. The maximum Gasteiger partial charge on any atom is 0.182 e. The van der Waals surface area contributed by atoms with Gasteiger partial charge in [-0.05, 0) is 48.7 Å². The zero-order valence-electron chi connectivity index (χ0n) is 15.2. The van der Waals surface area contributed by atoms with Gasteiger partial charge in [0, 0.05) is 31.6 Å². The number of nitrogens with two attached hydrogens (primary N) is 1. The molecule has 1 saturated heterocycles. The average molecular weight is 409 g/mol. The molecular weight excluding hydrogens is 384 g/mol. The number of nitrogens with zero attached hydrogens (tertiary/aromatic N) is 1. The van der Waals surface area contributed by atoms with E-state index in [1.54, 1.807) is 42.5 Å². The minimum absolute atomic E-state index is 0.238. The molecule has 0 saturated carbocycles. The Kier molecular flexibility index (Phi) is 5.60. The van der Waals surface area contributed by atoms with Crippen LogP contribution in [0.1, 0.15) is 18.4 Å². The lowest BCUT2D eigenvalue weighted by molar-refractivity contribution is 0.531. The number of rotatable bonds is 5. The topological polar surface area (TPSA) is 97.5 Å². The second kappa shape index (κ2) is 7.61. The summed E-state index contributed by atoms with van der Waals surface area (Å²) in [5, 5.41) is -0.531. The number of anilines is 1. The van der Waals surface area contributed by atoms with E-state index in [1.165, 1.54) is 6.26 Å². The van der Waals surface area contributed by atoms with E-state index in [-0.39, 0.29) is 4.90 Å². The zero-order valence-corrected chi connectivity index (χ0v) is 16.8. The van der Waals surface area contributed by atoms with Crippen molar-refractivity contribution in [2.45, 2.75) is 34.4 Å². The third kappa shape index (κ3) is 4.34. The van der Waals surface area contributed by atoms with Gasteiger partial charge in [-0.25, -0.2) is 16.8 Å². The van der Waals surface area contributed by atoms with Gasteiger partial charge in [-0.2, -0.15) is 0 Å². The van der Waals surface area contributed by atoms with E-state index < -0.39 is 24.9 Å². The lowest BCUT2D eigenvalue weighted by atomic mass is 10.1. The maximum atomic E-state index is 13.0. The summed E-state index contributed by atoms with van der Waals surface area (Å²) in [4.78, 5) is 2.49. The highest BCUT2D eigenvalue weighted by molar-refractivity contribution is 7.92. The number of hydrogen-bond acceptors (Lipinski definition) is 6. The molecule has 1 aliphatic heterocycles. The number of benzene rings is 2. The molecule has 0 spiro atoms. The fraction of sp³-hybridized carbons (Fsp3) is 0.368. The van der Waals surface area contributed by atoms with Gasteiger partial charge in [0.2, 0.25) is 0 Å². The molecule has 27 heavy (non-hydrogen) atoms. The fourth-order valence-electron chi connectivity index (χ4n) is 3.34. The molecule has 0 bridgehead atoms. The van der Waals surface area contributed by atoms with Crippen molar-refractivity contribution in [2.24, 2.45) is 5.73 Å². The van der Waals surface area contributed by atoms with Gasteiger partial charge >= 0.3 is 0 Å².